The molecule has 2 rings (SSSR count). The number of halogens is 1. The van der Waals surface area contributed by atoms with Gasteiger partial charge in [-0.3, -0.25) is 9.59 Å². The second kappa shape index (κ2) is 7.93. The van der Waals surface area contributed by atoms with E-state index in [0.717, 1.165) is 18.9 Å². The van der Waals surface area contributed by atoms with Crippen molar-refractivity contribution in [1.29, 1.82) is 0 Å². The van der Waals surface area contributed by atoms with E-state index in [1.165, 1.54) is 23.8 Å². The van der Waals surface area contributed by atoms with Gasteiger partial charge in [-0.25, -0.2) is 4.39 Å². The van der Waals surface area contributed by atoms with Crippen molar-refractivity contribution in [2.24, 2.45) is 0 Å². The molecule has 2 amide bonds. The lowest BCUT2D eigenvalue weighted by Crippen LogP contribution is -2.36. The Morgan fingerprint density at radius 1 is 0.955 bits per heavy atom. The molecule has 0 aromatic heterocycles. The minimum absolute atomic E-state index is 0.254. The maximum absolute atomic E-state index is 13.0. The monoisotopic (exact) mass is 300 g/mol. The van der Waals surface area contributed by atoms with E-state index in [9.17, 15) is 14.0 Å². The molecule has 0 unspecified atom stereocenters. The summed E-state index contributed by atoms with van der Waals surface area (Å²) >= 11 is 0. The maximum atomic E-state index is 13.0. The average molecular weight is 300 g/mol. The highest BCUT2D eigenvalue weighted by Gasteiger charge is 2.13. The van der Waals surface area contributed by atoms with Gasteiger partial charge in [0.1, 0.15) is 5.82 Å². The number of hydrogen-bond acceptors (Lipinski definition) is 2. The van der Waals surface area contributed by atoms with Gasteiger partial charge in [0.2, 0.25) is 0 Å². The minimum Gasteiger partial charge on any atom is -0.348 e. The first-order chi connectivity index (χ1) is 10.6. The summed E-state index contributed by atoms with van der Waals surface area (Å²) in [6.45, 7) is 0.407. The predicted molar refractivity (Wildman–Crippen MR) is 82.8 cm³/mol. The van der Waals surface area contributed by atoms with Crippen molar-refractivity contribution in [2.45, 2.75) is 12.8 Å². The van der Waals surface area contributed by atoms with Crippen molar-refractivity contribution in [2.75, 3.05) is 11.9 Å². The summed E-state index contributed by atoms with van der Waals surface area (Å²) in [5.41, 5.74) is 1.44. The lowest BCUT2D eigenvalue weighted by molar-refractivity contribution is -0.136. The van der Waals surface area contributed by atoms with Crippen LogP contribution in [0.15, 0.2) is 54.6 Å². The molecule has 4 nitrogen and oxygen atoms in total. The molecule has 2 N–H and O–H groups in total. The minimum atomic E-state index is -0.801. The zero-order chi connectivity index (χ0) is 15.8. The Kier molecular flexibility index (Phi) is 5.65. The fraction of sp³-hybridized carbons (Fsp3) is 0.176. The lowest BCUT2D eigenvalue weighted by Gasteiger charge is -2.06. The first-order valence-corrected chi connectivity index (χ1v) is 7.04. The molecule has 0 aliphatic rings. The highest BCUT2D eigenvalue weighted by atomic mass is 19.1. The molecule has 0 spiro atoms. The number of carbonyl (C=O) groups excluding carboxylic acids is 2. The summed E-state index contributed by atoms with van der Waals surface area (Å²) < 4.78 is 13.0. The third-order valence-electron chi connectivity index (χ3n) is 3.06. The van der Waals surface area contributed by atoms with Crippen LogP contribution in [0.25, 0.3) is 0 Å². The third kappa shape index (κ3) is 5.01. The molecule has 22 heavy (non-hydrogen) atoms. The summed E-state index contributed by atoms with van der Waals surface area (Å²) in [6, 6.07) is 15.3. The molecule has 0 saturated carbocycles. The van der Waals surface area contributed by atoms with Gasteiger partial charge >= 0.3 is 11.8 Å². The number of nitrogens with one attached hydrogen (secondary N) is 2. The molecular weight excluding hydrogens is 283 g/mol. The molecule has 2 aromatic rings. The largest absolute Gasteiger partial charge is 0.348 e. The average Bonchev–Trinajstić information content (AvgIpc) is 2.52. The van der Waals surface area contributed by atoms with Crippen LogP contribution < -0.4 is 10.6 Å². The SMILES string of the molecule is O=C(NCCCc1ccccc1)C(=O)Nc1cccc(F)c1. The van der Waals surface area contributed by atoms with E-state index in [1.807, 2.05) is 30.3 Å². The molecular formula is C17H17FN2O2. The van der Waals surface area contributed by atoms with Crippen LogP contribution in [0, 0.1) is 5.82 Å². The van der Waals surface area contributed by atoms with Crippen LogP contribution in [-0.4, -0.2) is 18.4 Å². The Bertz CT molecular complexity index is 644. The van der Waals surface area contributed by atoms with Crippen molar-refractivity contribution < 1.29 is 14.0 Å². The van der Waals surface area contributed by atoms with E-state index in [-0.39, 0.29) is 5.69 Å². The molecule has 0 saturated heterocycles. The van der Waals surface area contributed by atoms with Gasteiger partial charge in [0.05, 0.1) is 0 Å². The molecule has 114 valence electrons. The summed E-state index contributed by atoms with van der Waals surface area (Å²) in [5.74, 6) is -2.00. The third-order valence-corrected chi connectivity index (χ3v) is 3.06. The van der Waals surface area contributed by atoms with E-state index in [1.54, 1.807) is 0 Å². The van der Waals surface area contributed by atoms with E-state index in [0.29, 0.717) is 6.54 Å². The van der Waals surface area contributed by atoms with Crippen molar-refractivity contribution in [1.82, 2.24) is 5.32 Å². The topological polar surface area (TPSA) is 58.2 Å². The van der Waals surface area contributed by atoms with Gasteiger partial charge in [0.25, 0.3) is 0 Å². The number of anilines is 1. The first kappa shape index (κ1) is 15.7. The molecule has 0 atom stereocenters. The molecule has 0 bridgehead atoms. The number of hydrogen-bond donors (Lipinski definition) is 2. The molecule has 0 radical (unpaired) electrons. The zero-order valence-electron chi connectivity index (χ0n) is 12.0. The van der Waals surface area contributed by atoms with Gasteiger partial charge < -0.3 is 10.6 Å². The smallest absolute Gasteiger partial charge is 0.313 e. The number of benzene rings is 2. The van der Waals surface area contributed by atoms with E-state index in [4.69, 9.17) is 0 Å². The van der Waals surface area contributed by atoms with E-state index in [2.05, 4.69) is 10.6 Å². The fourth-order valence-electron chi connectivity index (χ4n) is 1.97. The second-order valence-electron chi connectivity index (χ2n) is 4.81. The van der Waals surface area contributed by atoms with Crippen molar-refractivity contribution in [3.8, 4) is 0 Å². The Morgan fingerprint density at radius 3 is 2.45 bits per heavy atom. The fourth-order valence-corrected chi connectivity index (χ4v) is 1.97. The van der Waals surface area contributed by atoms with Crippen LogP contribution in [0.4, 0.5) is 10.1 Å². The van der Waals surface area contributed by atoms with E-state index < -0.39 is 17.6 Å². The van der Waals surface area contributed by atoms with Gasteiger partial charge in [0, 0.05) is 12.2 Å². The Labute approximate surface area is 128 Å². The Balaban J connectivity index is 1.71. The van der Waals surface area contributed by atoms with Crippen LogP contribution in [0.1, 0.15) is 12.0 Å². The summed E-state index contributed by atoms with van der Waals surface area (Å²) in [7, 11) is 0. The standard InChI is InChI=1S/C17H17FN2O2/c18-14-9-4-10-15(12-14)20-17(22)16(21)19-11-5-8-13-6-2-1-3-7-13/h1-4,6-7,9-10,12H,5,8,11H2,(H,19,21)(H,20,22). The quantitative estimate of drug-likeness (QED) is 0.658. The molecule has 0 aliphatic carbocycles. The summed E-state index contributed by atoms with van der Waals surface area (Å²) in [5, 5.41) is 4.89. The first-order valence-electron chi connectivity index (χ1n) is 7.04. The van der Waals surface area contributed by atoms with Crippen LogP contribution in [0.2, 0.25) is 0 Å². The molecule has 0 fully saturated rings. The zero-order valence-corrected chi connectivity index (χ0v) is 12.0. The van der Waals surface area contributed by atoms with Gasteiger partial charge in [-0.2, -0.15) is 0 Å². The lowest BCUT2D eigenvalue weighted by atomic mass is 10.1. The molecule has 2 aromatic carbocycles. The highest BCUT2D eigenvalue weighted by molar-refractivity contribution is 6.39. The van der Waals surface area contributed by atoms with Gasteiger partial charge in [-0.1, -0.05) is 36.4 Å². The van der Waals surface area contributed by atoms with Crippen LogP contribution in [-0.2, 0) is 16.0 Å². The van der Waals surface area contributed by atoms with Gasteiger partial charge in [-0.15, -0.1) is 0 Å². The van der Waals surface area contributed by atoms with Crippen molar-refractivity contribution >= 4 is 17.5 Å². The van der Waals surface area contributed by atoms with Crippen molar-refractivity contribution in [3.05, 3.63) is 66.0 Å². The normalized spacial score (nSPS) is 10.0. The van der Waals surface area contributed by atoms with Crippen LogP contribution in [0.3, 0.4) is 0 Å². The summed E-state index contributed by atoms with van der Waals surface area (Å²) in [6.07, 6.45) is 1.57. The number of amides is 2. The maximum Gasteiger partial charge on any atom is 0.313 e. The predicted octanol–water partition coefficient (Wildman–Crippen LogP) is 2.51. The van der Waals surface area contributed by atoms with Crippen molar-refractivity contribution in [3.63, 3.8) is 0 Å². The van der Waals surface area contributed by atoms with E-state index >= 15 is 0 Å². The van der Waals surface area contributed by atoms with Crippen LogP contribution >= 0.6 is 0 Å². The number of aryl methyl sites for hydroxylation is 1. The number of rotatable bonds is 5. The molecule has 0 aliphatic heterocycles. The van der Waals surface area contributed by atoms with Gasteiger partial charge in [0.15, 0.2) is 0 Å². The number of carbonyl (C=O) groups is 2. The Hall–Kier alpha value is -2.69. The summed E-state index contributed by atoms with van der Waals surface area (Å²) in [4.78, 5) is 23.3. The Morgan fingerprint density at radius 2 is 1.73 bits per heavy atom. The second-order valence-corrected chi connectivity index (χ2v) is 4.81. The van der Waals surface area contributed by atoms with Crippen LogP contribution in [0.5, 0.6) is 0 Å². The molecule has 5 heteroatoms. The highest BCUT2D eigenvalue weighted by Crippen LogP contribution is 2.08. The van der Waals surface area contributed by atoms with Gasteiger partial charge in [-0.05, 0) is 36.6 Å². The molecule has 0 heterocycles.